The van der Waals surface area contributed by atoms with E-state index in [0.29, 0.717) is 44.6 Å². The molecule has 6 heteroatoms. The highest BCUT2D eigenvalue weighted by molar-refractivity contribution is 5.99. The second kappa shape index (κ2) is 7.48. The summed E-state index contributed by atoms with van der Waals surface area (Å²) in [5.41, 5.74) is 2.60. The molecule has 0 aliphatic carbocycles. The van der Waals surface area contributed by atoms with Crippen molar-refractivity contribution < 1.29 is 14.4 Å². The summed E-state index contributed by atoms with van der Waals surface area (Å²) in [6, 6.07) is 5.59. The first-order chi connectivity index (χ1) is 12.4. The highest BCUT2D eigenvalue weighted by Gasteiger charge is 2.26. The Morgan fingerprint density at radius 1 is 1.00 bits per heavy atom. The summed E-state index contributed by atoms with van der Waals surface area (Å²) >= 11 is 0. The molecule has 0 atom stereocenters. The van der Waals surface area contributed by atoms with Gasteiger partial charge in [0.15, 0.2) is 0 Å². The Labute approximate surface area is 154 Å². The van der Waals surface area contributed by atoms with Crippen LogP contribution in [0.3, 0.4) is 0 Å². The average molecular weight is 357 g/mol. The van der Waals surface area contributed by atoms with E-state index in [4.69, 9.17) is 0 Å². The standard InChI is InChI=1S/C20H27N3O3/c1-14(2)19(25)22-9-4-10-23(12-11-22)20(26)16-5-7-17-15(13-16)6-8-18(24)21(17)3/h5,7,13-14H,4,6,8-12H2,1-3H3. The number of rotatable bonds is 2. The van der Waals surface area contributed by atoms with Crippen molar-refractivity contribution in [2.45, 2.75) is 33.1 Å². The number of anilines is 1. The number of carbonyl (C=O) groups is 3. The molecule has 1 fully saturated rings. The van der Waals surface area contributed by atoms with Crippen molar-refractivity contribution in [2.75, 3.05) is 38.1 Å². The van der Waals surface area contributed by atoms with Gasteiger partial charge in [-0.25, -0.2) is 0 Å². The molecule has 2 aliphatic rings. The molecule has 1 saturated heterocycles. The summed E-state index contributed by atoms with van der Waals surface area (Å²) in [5.74, 6) is 0.253. The Hall–Kier alpha value is -2.37. The van der Waals surface area contributed by atoms with Gasteiger partial charge in [0, 0.05) is 56.8 Å². The molecule has 3 amide bonds. The van der Waals surface area contributed by atoms with Crippen molar-refractivity contribution in [3.63, 3.8) is 0 Å². The number of amides is 3. The van der Waals surface area contributed by atoms with Gasteiger partial charge in [-0.15, -0.1) is 0 Å². The van der Waals surface area contributed by atoms with E-state index in [2.05, 4.69) is 0 Å². The first-order valence-electron chi connectivity index (χ1n) is 9.36. The molecule has 140 valence electrons. The van der Waals surface area contributed by atoms with E-state index in [9.17, 15) is 14.4 Å². The molecule has 0 spiro atoms. The van der Waals surface area contributed by atoms with E-state index in [0.717, 1.165) is 17.7 Å². The first-order valence-corrected chi connectivity index (χ1v) is 9.36. The van der Waals surface area contributed by atoms with Crippen LogP contribution < -0.4 is 4.90 Å². The van der Waals surface area contributed by atoms with Gasteiger partial charge in [0.1, 0.15) is 0 Å². The largest absolute Gasteiger partial charge is 0.341 e. The van der Waals surface area contributed by atoms with E-state index >= 15 is 0 Å². The van der Waals surface area contributed by atoms with Crippen LogP contribution in [-0.4, -0.2) is 60.7 Å². The van der Waals surface area contributed by atoms with Gasteiger partial charge in [-0.05, 0) is 36.6 Å². The lowest BCUT2D eigenvalue weighted by molar-refractivity contribution is -0.134. The molecule has 1 aromatic rings. The van der Waals surface area contributed by atoms with E-state index in [1.807, 2.05) is 35.8 Å². The number of benzene rings is 1. The zero-order valence-corrected chi connectivity index (χ0v) is 15.8. The third-order valence-corrected chi connectivity index (χ3v) is 5.26. The Balaban J connectivity index is 1.72. The van der Waals surface area contributed by atoms with Crippen LogP contribution in [-0.2, 0) is 16.0 Å². The summed E-state index contributed by atoms with van der Waals surface area (Å²) in [6.45, 7) is 6.34. The molecule has 0 unspecified atom stereocenters. The molecule has 0 radical (unpaired) electrons. The zero-order valence-electron chi connectivity index (χ0n) is 15.8. The fraction of sp³-hybridized carbons (Fsp3) is 0.550. The van der Waals surface area contributed by atoms with Crippen LogP contribution in [0.2, 0.25) is 0 Å². The number of hydrogen-bond donors (Lipinski definition) is 0. The number of nitrogens with zero attached hydrogens (tertiary/aromatic N) is 3. The lowest BCUT2D eigenvalue weighted by atomic mass is 9.98. The number of carbonyl (C=O) groups excluding carboxylic acids is 3. The molecule has 2 heterocycles. The van der Waals surface area contributed by atoms with Crippen LogP contribution in [0.4, 0.5) is 5.69 Å². The van der Waals surface area contributed by atoms with Gasteiger partial charge >= 0.3 is 0 Å². The van der Waals surface area contributed by atoms with Crippen molar-refractivity contribution in [1.82, 2.24) is 9.80 Å². The normalized spacial score (nSPS) is 18.0. The van der Waals surface area contributed by atoms with Crippen LogP contribution in [0.1, 0.15) is 42.6 Å². The van der Waals surface area contributed by atoms with Crippen molar-refractivity contribution >= 4 is 23.4 Å². The molecular weight excluding hydrogens is 330 g/mol. The number of hydrogen-bond acceptors (Lipinski definition) is 3. The smallest absolute Gasteiger partial charge is 0.253 e. The SMILES string of the molecule is CC(C)C(=O)N1CCCN(C(=O)c2ccc3c(c2)CCC(=O)N3C)CC1. The molecule has 0 aromatic heterocycles. The van der Waals surface area contributed by atoms with Crippen LogP contribution in [0.15, 0.2) is 18.2 Å². The van der Waals surface area contributed by atoms with Crippen LogP contribution in [0.5, 0.6) is 0 Å². The minimum atomic E-state index is -0.0161. The first kappa shape index (κ1) is 18.4. The van der Waals surface area contributed by atoms with Gasteiger partial charge in [0.05, 0.1) is 0 Å². The Kier molecular flexibility index (Phi) is 5.30. The maximum atomic E-state index is 12.9. The summed E-state index contributed by atoms with van der Waals surface area (Å²) in [4.78, 5) is 42.3. The highest BCUT2D eigenvalue weighted by Crippen LogP contribution is 2.28. The minimum absolute atomic E-state index is 0.00574. The zero-order chi connectivity index (χ0) is 18.8. The summed E-state index contributed by atoms with van der Waals surface area (Å²) in [7, 11) is 1.77. The van der Waals surface area contributed by atoms with E-state index in [1.165, 1.54) is 0 Å². The molecule has 0 N–H and O–H groups in total. The van der Waals surface area contributed by atoms with E-state index in [-0.39, 0.29) is 23.6 Å². The van der Waals surface area contributed by atoms with E-state index in [1.54, 1.807) is 18.0 Å². The van der Waals surface area contributed by atoms with Crippen LogP contribution >= 0.6 is 0 Å². The third-order valence-electron chi connectivity index (χ3n) is 5.26. The lowest BCUT2D eigenvalue weighted by Crippen LogP contribution is -2.39. The van der Waals surface area contributed by atoms with Gasteiger partial charge in [0.2, 0.25) is 11.8 Å². The molecular formula is C20H27N3O3. The predicted molar refractivity (Wildman–Crippen MR) is 100 cm³/mol. The Bertz CT molecular complexity index is 729. The fourth-order valence-corrected chi connectivity index (χ4v) is 3.68. The summed E-state index contributed by atoms with van der Waals surface area (Å²) < 4.78 is 0. The third kappa shape index (κ3) is 3.59. The maximum Gasteiger partial charge on any atom is 0.253 e. The second-order valence-corrected chi connectivity index (χ2v) is 7.42. The van der Waals surface area contributed by atoms with Gasteiger partial charge in [0.25, 0.3) is 5.91 Å². The van der Waals surface area contributed by atoms with Gasteiger partial charge < -0.3 is 14.7 Å². The summed E-state index contributed by atoms with van der Waals surface area (Å²) in [6.07, 6.45) is 1.96. The predicted octanol–water partition coefficient (Wildman–Crippen LogP) is 1.93. The number of aryl methyl sites for hydroxylation is 1. The summed E-state index contributed by atoms with van der Waals surface area (Å²) in [5, 5.41) is 0. The fourth-order valence-electron chi connectivity index (χ4n) is 3.68. The topological polar surface area (TPSA) is 60.9 Å². The van der Waals surface area contributed by atoms with Crippen molar-refractivity contribution in [3.05, 3.63) is 29.3 Å². The monoisotopic (exact) mass is 357 g/mol. The molecule has 6 nitrogen and oxygen atoms in total. The second-order valence-electron chi connectivity index (χ2n) is 7.42. The maximum absolute atomic E-state index is 12.9. The minimum Gasteiger partial charge on any atom is -0.341 e. The van der Waals surface area contributed by atoms with E-state index < -0.39 is 0 Å². The molecule has 2 aliphatic heterocycles. The van der Waals surface area contributed by atoms with Gasteiger partial charge in [-0.1, -0.05) is 13.8 Å². The molecule has 3 rings (SSSR count). The molecule has 1 aromatic carbocycles. The lowest BCUT2D eigenvalue weighted by Gasteiger charge is -2.27. The quantitative estimate of drug-likeness (QED) is 0.812. The van der Waals surface area contributed by atoms with Crippen LogP contribution in [0, 0.1) is 5.92 Å². The van der Waals surface area contributed by atoms with Crippen molar-refractivity contribution in [2.24, 2.45) is 5.92 Å². The van der Waals surface area contributed by atoms with Gasteiger partial charge in [-0.2, -0.15) is 0 Å². The number of fused-ring (bicyclic) bond motifs is 1. The Morgan fingerprint density at radius 3 is 2.42 bits per heavy atom. The van der Waals surface area contributed by atoms with Crippen molar-refractivity contribution in [3.8, 4) is 0 Å². The van der Waals surface area contributed by atoms with Crippen LogP contribution in [0.25, 0.3) is 0 Å². The highest BCUT2D eigenvalue weighted by atomic mass is 16.2. The van der Waals surface area contributed by atoms with Gasteiger partial charge in [-0.3, -0.25) is 14.4 Å². The molecule has 0 saturated carbocycles. The average Bonchev–Trinajstić information content (AvgIpc) is 2.89. The van der Waals surface area contributed by atoms with Crippen molar-refractivity contribution in [1.29, 1.82) is 0 Å². The molecule has 26 heavy (non-hydrogen) atoms. The Morgan fingerprint density at radius 2 is 1.69 bits per heavy atom. The molecule has 0 bridgehead atoms.